The molecule has 136 valence electrons. The summed E-state index contributed by atoms with van der Waals surface area (Å²) in [6, 6.07) is 6.50. The second kappa shape index (κ2) is 7.44. The highest BCUT2D eigenvalue weighted by Crippen LogP contribution is 2.19. The van der Waals surface area contributed by atoms with Gasteiger partial charge in [-0.25, -0.2) is 4.39 Å². The highest BCUT2D eigenvalue weighted by atomic mass is 19.1. The maximum absolute atomic E-state index is 13.0. The zero-order chi connectivity index (χ0) is 18.7. The van der Waals surface area contributed by atoms with Crippen LogP contribution in [-0.4, -0.2) is 27.2 Å². The molecule has 0 unspecified atom stereocenters. The van der Waals surface area contributed by atoms with Gasteiger partial charge in [0, 0.05) is 11.6 Å². The van der Waals surface area contributed by atoms with Gasteiger partial charge in [-0.15, -0.1) is 0 Å². The average Bonchev–Trinajstić information content (AvgIpc) is 3.25. The van der Waals surface area contributed by atoms with Gasteiger partial charge in [-0.05, 0) is 45.0 Å². The van der Waals surface area contributed by atoms with Gasteiger partial charge in [0.05, 0.1) is 17.8 Å². The highest BCUT2D eigenvalue weighted by Gasteiger charge is 2.21. The van der Waals surface area contributed by atoms with Crippen molar-refractivity contribution in [3.8, 4) is 11.4 Å². The summed E-state index contributed by atoms with van der Waals surface area (Å²) < 4.78 is 23.2. The fourth-order valence-corrected chi connectivity index (χ4v) is 2.30. The van der Waals surface area contributed by atoms with E-state index in [4.69, 9.17) is 9.05 Å². The smallest absolute Gasteiger partial charge is 0.243 e. The van der Waals surface area contributed by atoms with Gasteiger partial charge in [-0.1, -0.05) is 10.3 Å². The number of carbonyl (C=O) groups excluding carboxylic acids is 1. The van der Waals surface area contributed by atoms with Gasteiger partial charge in [0.15, 0.2) is 0 Å². The number of nitrogens with one attached hydrogen (secondary N) is 2. The summed E-state index contributed by atoms with van der Waals surface area (Å²) in [5, 5.41) is 13.3. The lowest BCUT2D eigenvalue weighted by molar-refractivity contribution is -0.118. The number of rotatable bonds is 6. The number of amides is 1. The second-order valence-corrected chi connectivity index (χ2v) is 5.89. The predicted molar refractivity (Wildman–Crippen MR) is 90.6 cm³/mol. The number of aryl methyl sites for hydroxylation is 1. The highest BCUT2D eigenvalue weighted by molar-refractivity contribution is 5.93. The van der Waals surface area contributed by atoms with Crippen molar-refractivity contribution in [2.24, 2.45) is 0 Å². The molecule has 0 aliphatic heterocycles. The molecule has 9 heteroatoms. The van der Waals surface area contributed by atoms with Crippen LogP contribution in [0.25, 0.3) is 11.4 Å². The second-order valence-electron chi connectivity index (χ2n) is 5.89. The Morgan fingerprint density at radius 1 is 1.15 bits per heavy atom. The van der Waals surface area contributed by atoms with Gasteiger partial charge in [-0.3, -0.25) is 15.4 Å². The third kappa shape index (κ3) is 4.12. The molecule has 2 N–H and O–H groups in total. The van der Waals surface area contributed by atoms with E-state index in [0.29, 0.717) is 23.0 Å². The van der Waals surface area contributed by atoms with Crippen LogP contribution in [0.2, 0.25) is 0 Å². The van der Waals surface area contributed by atoms with E-state index in [1.165, 1.54) is 12.1 Å². The molecule has 1 aromatic carbocycles. The predicted octanol–water partition coefficient (Wildman–Crippen LogP) is 2.85. The number of carbonyl (C=O) groups is 1. The van der Waals surface area contributed by atoms with Crippen molar-refractivity contribution in [1.29, 1.82) is 0 Å². The number of benzene rings is 1. The van der Waals surface area contributed by atoms with Gasteiger partial charge in [-0.2, -0.15) is 4.98 Å². The lowest BCUT2D eigenvalue weighted by atomic mass is 10.2. The average molecular weight is 359 g/mol. The topological polar surface area (TPSA) is 106 Å². The monoisotopic (exact) mass is 359 g/mol. The summed E-state index contributed by atoms with van der Waals surface area (Å²) in [5.41, 5.74) is 1.31. The van der Waals surface area contributed by atoms with E-state index in [2.05, 4.69) is 25.9 Å². The maximum Gasteiger partial charge on any atom is 0.243 e. The minimum Gasteiger partial charge on any atom is -0.338 e. The summed E-state index contributed by atoms with van der Waals surface area (Å²) >= 11 is 0. The first-order valence-corrected chi connectivity index (χ1v) is 8.02. The van der Waals surface area contributed by atoms with E-state index < -0.39 is 6.04 Å². The molecular weight excluding hydrogens is 341 g/mol. The third-order valence-electron chi connectivity index (χ3n) is 3.68. The summed E-state index contributed by atoms with van der Waals surface area (Å²) in [5.74, 6) is 0.327. The zero-order valence-corrected chi connectivity index (χ0v) is 14.5. The van der Waals surface area contributed by atoms with Crippen LogP contribution >= 0.6 is 0 Å². The van der Waals surface area contributed by atoms with Crippen LogP contribution in [0.15, 0.2) is 39.4 Å². The van der Waals surface area contributed by atoms with Gasteiger partial charge in [0.25, 0.3) is 0 Å². The van der Waals surface area contributed by atoms with E-state index >= 15 is 0 Å². The number of hydrogen-bond acceptors (Lipinski definition) is 7. The Morgan fingerprint density at radius 3 is 2.54 bits per heavy atom. The molecule has 3 aromatic rings. The number of anilines is 1. The molecule has 2 heterocycles. The van der Waals surface area contributed by atoms with Crippen LogP contribution in [0, 0.1) is 12.7 Å². The molecular formula is C17H18FN5O3. The Morgan fingerprint density at radius 2 is 1.88 bits per heavy atom. The Balaban J connectivity index is 1.61. The molecule has 2 atom stereocenters. The van der Waals surface area contributed by atoms with Crippen molar-refractivity contribution in [3.63, 3.8) is 0 Å². The summed E-state index contributed by atoms with van der Waals surface area (Å²) in [7, 11) is 0. The summed E-state index contributed by atoms with van der Waals surface area (Å²) in [6.07, 6.45) is 0. The Labute approximate surface area is 148 Å². The molecule has 0 radical (unpaired) electrons. The zero-order valence-electron chi connectivity index (χ0n) is 14.5. The van der Waals surface area contributed by atoms with Crippen molar-refractivity contribution in [1.82, 2.24) is 20.6 Å². The standard InChI is InChI=1S/C17H18FN5O3/c1-9-8-14(25-22-9)20-16(24)10(2)19-11(3)17-21-15(23-26-17)12-4-6-13(18)7-5-12/h4-8,10-11,19H,1-3H3,(H,20,24)/t10-,11+/m1/s1. The number of halogens is 1. The quantitative estimate of drug-likeness (QED) is 0.697. The van der Waals surface area contributed by atoms with Crippen molar-refractivity contribution in [2.75, 3.05) is 5.32 Å². The molecule has 0 spiro atoms. The molecule has 0 bridgehead atoms. The fourth-order valence-electron chi connectivity index (χ4n) is 2.30. The molecule has 0 aliphatic carbocycles. The number of hydrogen-bond donors (Lipinski definition) is 2. The maximum atomic E-state index is 13.0. The van der Waals surface area contributed by atoms with Gasteiger partial charge >= 0.3 is 0 Å². The van der Waals surface area contributed by atoms with Crippen LogP contribution in [0.3, 0.4) is 0 Å². The minimum atomic E-state index is -0.545. The fraction of sp³-hybridized carbons (Fsp3) is 0.294. The lowest BCUT2D eigenvalue weighted by Crippen LogP contribution is -2.39. The van der Waals surface area contributed by atoms with Crippen LogP contribution < -0.4 is 10.6 Å². The molecule has 0 fully saturated rings. The first-order chi connectivity index (χ1) is 12.4. The van der Waals surface area contributed by atoms with E-state index in [-0.39, 0.29) is 23.7 Å². The van der Waals surface area contributed by atoms with Crippen molar-refractivity contribution < 1.29 is 18.2 Å². The largest absolute Gasteiger partial charge is 0.338 e. The molecule has 26 heavy (non-hydrogen) atoms. The first-order valence-electron chi connectivity index (χ1n) is 8.02. The lowest BCUT2D eigenvalue weighted by Gasteiger charge is -2.16. The Kier molecular flexibility index (Phi) is 5.08. The molecule has 0 saturated carbocycles. The van der Waals surface area contributed by atoms with Crippen LogP contribution in [0.1, 0.15) is 31.5 Å². The van der Waals surface area contributed by atoms with Crippen LogP contribution in [-0.2, 0) is 4.79 Å². The normalized spacial score (nSPS) is 13.4. The number of aromatic nitrogens is 3. The molecule has 2 aromatic heterocycles. The van der Waals surface area contributed by atoms with Crippen LogP contribution in [0.4, 0.5) is 10.3 Å². The van der Waals surface area contributed by atoms with Gasteiger partial charge < -0.3 is 9.05 Å². The first kappa shape index (κ1) is 17.7. The number of nitrogens with zero attached hydrogens (tertiary/aromatic N) is 3. The van der Waals surface area contributed by atoms with Crippen molar-refractivity contribution in [3.05, 3.63) is 47.7 Å². The van der Waals surface area contributed by atoms with E-state index in [0.717, 1.165) is 0 Å². The van der Waals surface area contributed by atoms with E-state index in [9.17, 15) is 9.18 Å². The van der Waals surface area contributed by atoms with E-state index in [1.807, 2.05) is 0 Å². The Bertz CT molecular complexity index is 890. The molecule has 0 aliphatic rings. The molecule has 0 saturated heterocycles. The van der Waals surface area contributed by atoms with Crippen molar-refractivity contribution >= 4 is 11.8 Å². The van der Waals surface area contributed by atoms with Crippen LogP contribution in [0.5, 0.6) is 0 Å². The summed E-state index contributed by atoms with van der Waals surface area (Å²) in [6.45, 7) is 5.26. The third-order valence-corrected chi connectivity index (χ3v) is 3.68. The minimum absolute atomic E-state index is 0.283. The Hall–Kier alpha value is -3.07. The molecule has 1 amide bonds. The van der Waals surface area contributed by atoms with E-state index in [1.54, 1.807) is 39.0 Å². The van der Waals surface area contributed by atoms with Gasteiger partial charge in [0.2, 0.25) is 23.5 Å². The molecule has 3 rings (SSSR count). The summed E-state index contributed by atoms with van der Waals surface area (Å²) in [4.78, 5) is 16.5. The molecule has 8 nitrogen and oxygen atoms in total. The SMILES string of the molecule is Cc1cc(NC(=O)[C@@H](C)N[C@@H](C)c2nc(-c3ccc(F)cc3)no2)on1. The van der Waals surface area contributed by atoms with Crippen molar-refractivity contribution in [2.45, 2.75) is 32.9 Å². The van der Waals surface area contributed by atoms with Gasteiger partial charge in [0.1, 0.15) is 5.82 Å².